The molecular weight excluding hydrogens is 534 g/mol. The number of aryl methyl sites for hydroxylation is 1. The molecule has 0 fully saturated rings. The first-order chi connectivity index (χ1) is 20.5. The number of ether oxygens (including phenoxy) is 4. The van der Waals surface area contributed by atoms with Gasteiger partial charge in [0.1, 0.15) is 46.2 Å². The van der Waals surface area contributed by atoms with Crippen molar-refractivity contribution in [1.82, 2.24) is 29.9 Å². The number of rotatable bonds is 9. The van der Waals surface area contributed by atoms with E-state index in [1.165, 1.54) is 6.33 Å². The first-order valence-corrected chi connectivity index (χ1v) is 13.2. The van der Waals surface area contributed by atoms with Crippen LogP contribution in [0.15, 0.2) is 61.1 Å². The molecule has 0 unspecified atom stereocenters. The first kappa shape index (κ1) is 26.8. The fraction of sp³-hybridized carbons (Fsp3) is 0.194. The van der Waals surface area contributed by atoms with E-state index < -0.39 is 0 Å². The molecule has 0 amide bonds. The number of H-pyrrole nitrogens is 1. The minimum absolute atomic E-state index is 0.320. The van der Waals surface area contributed by atoms with Crippen LogP contribution in [0.3, 0.4) is 0 Å². The van der Waals surface area contributed by atoms with E-state index in [1.807, 2.05) is 62.4 Å². The van der Waals surface area contributed by atoms with Crippen molar-refractivity contribution in [1.29, 1.82) is 0 Å². The molecule has 0 atom stereocenters. The Morgan fingerprint density at radius 1 is 0.857 bits per heavy atom. The predicted octanol–water partition coefficient (Wildman–Crippen LogP) is 6.01. The van der Waals surface area contributed by atoms with Gasteiger partial charge in [-0.2, -0.15) is 0 Å². The van der Waals surface area contributed by atoms with Gasteiger partial charge in [0.05, 0.1) is 32.4 Å². The van der Waals surface area contributed by atoms with Crippen LogP contribution in [0.4, 0.5) is 5.82 Å². The van der Waals surface area contributed by atoms with Crippen molar-refractivity contribution in [3.63, 3.8) is 0 Å². The smallest absolute Gasteiger partial charge is 0.233 e. The van der Waals surface area contributed by atoms with E-state index in [-0.39, 0.29) is 0 Å². The van der Waals surface area contributed by atoms with Crippen LogP contribution >= 0.6 is 0 Å². The molecule has 0 radical (unpaired) electrons. The van der Waals surface area contributed by atoms with Crippen molar-refractivity contribution in [2.24, 2.45) is 0 Å². The first-order valence-electron chi connectivity index (χ1n) is 13.2. The Kier molecular flexibility index (Phi) is 7.14. The highest BCUT2D eigenvalue weighted by Gasteiger charge is 2.20. The van der Waals surface area contributed by atoms with E-state index in [1.54, 1.807) is 27.5 Å². The molecule has 2 aromatic carbocycles. The van der Waals surface area contributed by atoms with Crippen molar-refractivity contribution in [2.45, 2.75) is 20.4 Å². The van der Waals surface area contributed by atoms with Gasteiger partial charge >= 0.3 is 0 Å². The molecule has 212 valence electrons. The highest BCUT2D eigenvalue weighted by molar-refractivity contribution is 5.95. The summed E-state index contributed by atoms with van der Waals surface area (Å²) in [7, 11) is 4.88. The molecule has 6 aromatic rings. The van der Waals surface area contributed by atoms with Gasteiger partial charge in [-0.3, -0.25) is 0 Å². The largest absolute Gasteiger partial charge is 0.497 e. The van der Waals surface area contributed by atoms with Gasteiger partial charge < -0.3 is 29.2 Å². The summed E-state index contributed by atoms with van der Waals surface area (Å²) in [5.41, 5.74) is 5.27. The van der Waals surface area contributed by atoms with Gasteiger partial charge in [0.2, 0.25) is 5.88 Å². The summed E-state index contributed by atoms with van der Waals surface area (Å²) in [5, 5.41) is 4.04. The van der Waals surface area contributed by atoms with Crippen LogP contribution in [0.2, 0.25) is 0 Å². The zero-order valence-corrected chi connectivity index (χ0v) is 23.8. The van der Waals surface area contributed by atoms with E-state index in [0.717, 1.165) is 22.2 Å². The third-order valence-corrected chi connectivity index (χ3v) is 7.00. The van der Waals surface area contributed by atoms with Crippen molar-refractivity contribution in [3.05, 3.63) is 77.7 Å². The molecule has 42 heavy (non-hydrogen) atoms. The van der Waals surface area contributed by atoms with Crippen LogP contribution in [0.25, 0.3) is 33.6 Å². The number of benzene rings is 2. The zero-order chi connectivity index (χ0) is 29.2. The Bertz CT molecular complexity index is 1890. The zero-order valence-electron chi connectivity index (χ0n) is 23.8. The number of aromatic amines is 1. The Morgan fingerprint density at radius 3 is 2.50 bits per heavy atom. The summed E-state index contributed by atoms with van der Waals surface area (Å²) >= 11 is 0. The summed E-state index contributed by atoms with van der Waals surface area (Å²) < 4.78 is 23.1. The van der Waals surface area contributed by atoms with Crippen molar-refractivity contribution in [3.8, 4) is 40.4 Å². The fourth-order valence-electron chi connectivity index (χ4n) is 4.80. The maximum Gasteiger partial charge on any atom is 0.233 e. The SMILES string of the molecule is COc1ccc(CNc2ncnc3cc(-c4nc5ncccc5[nH]4)nc(Oc4c(C)ccc(OC)c4C)c23)c(OC)c1. The summed E-state index contributed by atoms with van der Waals surface area (Å²) in [6, 6.07) is 15.2. The highest BCUT2D eigenvalue weighted by Crippen LogP contribution is 2.39. The standard InChI is InChI=1S/C31H29N7O4/c1-17-8-11-24(40-4)18(2)27(17)42-31-26-22(14-23(37-31)29-36-21-7-6-12-32-28(21)38-29)34-16-35-30(26)33-15-19-9-10-20(39-3)13-25(19)41-5/h6-14,16H,15H2,1-5H3,(H,32,36,38)(H,33,34,35). The summed E-state index contributed by atoms with van der Waals surface area (Å²) in [6.07, 6.45) is 3.21. The number of methoxy groups -OCH3 is 3. The summed E-state index contributed by atoms with van der Waals surface area (Å²) in [6.45, 7) is 4.35. The Morgan fingerprint density at radius 2 is 1.71 bits per heavy atom. The van der Waals surface area contributed by atoms with Crippen LogP contribution in [0, 0.1) is 13.8 Å². The van der Waals surface area contributed by atoms with Gasteiger partial charge in [0, 0.05) is 29.9 Å². The molecule has 0 saturated heterocycles. The van der Waals surface area contributed by atoms with Crippen LogP contribution < -0.4 is 24.3 Å². The quantitative estimate of drug-likeness (QED) is 0.216. The van der Waals surface area contributed by atoms with Gasteiger partial charge in [-0.15, -0.1) is 0 Å². The second-order valence-electron chi connectivity index (χ2n) is 9.56. The van der Waals surface area contributed by atoms with E-state index in [2.05, 4.69) is 30.2 Å². The van der Waals surface area contributed by atoms with Crippen molar-refractivity contribution in [2.75, 3.05) is 26.6 Å². The number of anilines is 1. The maximum absolute atomic E-state index is 6.59. The second kappa shape index (κ2) is 11.2. The number of aromatic nitrogens is 6. The molecule has 0 saturated carbocycles. The minimum atomic E-state index is 0.320. The number of hydrogen-bond acceptors (Lipinski definition) is 10. The molecule has 2 N–H and O–H groups in total. The topological polar surface area (TPSA) is 129 Å². The van der Waals surface area contributed by atoms with Gasteiger partial charge in [-0.1, -0.05) is 6.07 Å². The predicted molar refractivity (Wildman–Crippen MR) is 160 cm³/mol. The average molecular weight is 564 g/mol. The number of hydrogen-bond donors (Lipinski definition) is 2. The number of nitrogens with zero attached hydrogens (tertiary/aromatic N) is 5. The lowest BCUT2D eigenvalue weighted by Gasteiger charge is -2.17. The lowest BCUT2D eigenvalue weighted by molar-refractivity contribution is 0.391. The van der Waals surface area contributed by atoms with Crippen molar-refractivity contribution < 1.29 is 18.9 Å². The number of pyridine rings is 2. The van der Waals surface area contributed by atoms with Gasteiger partial charge in [0.15, 0.2) is 11.5 Å². The third kappa shape index (κ3) is 4.96. The lowest BCUT2D eigenvalue weighted by Crippen LogP contribution is -2.06. The molecule has 6 rings (SSSR count). The molecule has 0 spiro atoms. The van der Waals surface area contributed by atoms with E-state index >= 15 is 0 Å². The fourth-order valence-corrected chi connectivity index (χ4v) is 4.80. The molecule has 11 heteroatoms. The highest BCUT2D eigenvalue weighted by atomic mass is 16.5. The van der Waals surface area contributed by atoms with Gasteiger partial charge in [-0.05, 0) is 55.8 Å². The maximum atomic E-state index is 6.59. The second-order valence-corrected chi connectivity index (χ2v) is 9.56. The molecule has 0 aliphatic rings. The molecule has 0 aliphatic heterocycles. The van der Waals surface area contributed by atoms with E-state index in [4.69, 9.17) is 23.9 Å². The van der Waals surface area contributed by atoms with Crippen LogP contribution in [0.1, 0.15) is 16.7 Å². The Balaban J connectivity index is 1.48. The van der Waals surface area contributed by atoms with Crippen LogP contribution in [-0.2, 0) is 6.54 Å². The molecule has 0 bridgehead atoms. The Labute approximate surface area is 241 Å². The number of fused-ring (bicyclic) bond motifs is 2. The van der Waals surface area contributed by atoms with E-state index in [0.29, 0.717) is 69.3 Å². The number of nitrogens with one attached hydrogen (secondary N) is 2. The lowest BCUT2D eigenvalue weighted by atomic mass is 10.1. The average Bonchev–Trinajstić information content (AvgIpc) is 3.46. The van der Waals surface area contributed by atoms with Crippen LogP contribution in [0.5, 0.6) is 28.9 Å². The molecule has 4 heterocycles. The minimum Gasteiger partial charge on any atom is -0.497 e. The van der Waals surface area contributed by atoms with Gasteiger partial charge in [-0.25, -0.2) is 24.9 Å². The van der Waals surface area contributed by atoms with Crippen LogP contribution in [-0.4, -0.2) is 51.2 Å². The molecule has 11 nitrogen and oxygen atoms in total. The third-order valence-electron chi connectivity index (χ3n) is 7.00. The normalized spacial score (nSPS) is 11.1. The summed E-state index contributed by atoms with van der Waals surface area (Å²) in [4.78, 5) is 26.4. The summed E-state index contributed by atoms with van der Waals surface area (Å²) in [5.74, 6) is 4.17. The molecule has 0 aliphatic carbocycles. The van der Waals surface area contributed by atoms with E-state index in [9.17, 15) is 0 Å². The molecule has 4 aromatic heterocycles. The van der Waals surface area contributed by atoms with Crippen molar-refractivity contribution >= 4 is 27.9 Å². The monoisotopic (exact) mass is 563 g/mol. The Hall–Kier alpha value is -5.45. The van der Waals surface area contributed by atoms with Gasteiger partial charge in [0.25, 0.3) is 0 Å². The number of imidazole rings is 1. The molecular formula is C31H29N7O4.